The standard InChI is InChI=1S/C22H28N2O2S.C13H18N2O2S.C9H11Cl/c1-4-16-8-10-17(11-9-16)13-24-14-20-21(15-24)22(20,2)18-6-5-7-19(12-18)23-27(3,25)26;1-13(11-7-14-8-12(11)13)9-4-3-5-10(6-9)15-18(2,16)17;1-2-8-3-5-9(7-10)6-4-8/h5-12,20-21,23H,4,13-15H2,1-3H3;3-6,11-12,14-15H,7-8H2,1-2H3;3-6H,2,7H2,1H3. The third kappa shape index (κ3) is 9.77. The number of hydrogen-bond donors (Lipinski definition) is 3. The minimum absolute atomic E-state index is 0.164. The molecule has 0 bridgehead atoms. The molecule has 2 aliphatic carbocycles. The first-order chi connectivity index (χ1) is 26.1. The number of anilines is 2. The van der Waals surface area contributed by atoms with E-state index in [1.54, 1.807) is 6.07 Å². The van der Waals surface area contributed by atoms with Crippen molar-refractivity contribution in [1.29, 1.82) is 0 Å². The molecule has 0 aromatic heterocycles. The van der Waals surface area contributed by atoms with E-state index in [1.807, 2.05) is 30.3 Å². The van der Waals surface area contributed by atoms with Crippen LogP contribution in [0.1, 0.15) is 61.1 Å². The van der Waals surface area contributed by atoms with E-state index in [0.29, 0.717) is 40.9 Å². The zero-order valence-electron chi connectivity index (χ0n) is 33.0. The molecule has 2 aliphatic heterocycles. The van der Waals surface area contributed by atoms with Gasteiger partial charge in [-0.1, -0.05) is 100 Å². The molecule has 4 aliphatic rings. The van der Waals surface area contributed by atoms with Crippen molar-refractivity contribution in [2.24, 2.45) is 23.7 Å². The predicted molar refractivity (Wildman–Crippen MR) is 228 cm³/mol. The topological polar surface area (TPSA) is 108 Å². The molecule has 4 fully saturated rings. The van der Waals surface area contributed by atoms with E-state index in [9.17, 15) is 16.8 Å². The molecule has 8 rings (SSSR count). The number of benzene rings is 4. The number of rotatable bonds is 11. The minimum atomic E-state index is -3.24. The van der Waals surface area contributed by atoms with Crippen LogP contribution in [-0.4, -0.2) is 60.4 Å². The highest BCUT2D eigenvalue weighted by atomic mass is 35.5. The van der Waals surface area contributed by atoms with Crippen molar-refractivity contribution >= 4 is 43.0 Å². The molecule has 4 aromatic rings. The van der Waals surface area contributed by atoms with Gasteiger partial charge in [0, 0.05) is 47.7 Å². The highest BCUT2D eigenvalue weighted by Gasteiger charge is 2.65. The molecule has 2 saturated heterocycles. The zero-order chi connectivity index (χ0) is 39.6. The summed E-state index contributed by atoms with van der Waals surface area (Å²) in [5.74, 6) is 3.32. The summed E-state index contributed by atoms with van der Waals surface area (Å²) >= 11 is 5.62. The average molecular weight is 806 g/mol. The van der Waals surface area contributed by atoms with E-state index in [0.717, 1.165) is 45.6 Å². The van der Waals surface area contributed by atoms with Crippen LogP contribution < -0.4 is 14.8 Å². The molecule has 4 atom stereocenters. The second kappa shape index (κ2) is 16.6. The molecule has 3 N–H and O–H groups in total. The quantitative estimate of drug-likeness (QED) is 0.134. The number of alkyl halides is 1. The Morgan fingerprint density at radius 1 is 0.636 bits per heavy atom. The first-order valence-corrected chi connectivity index (χ1v) is 23.7. The maximum atomic E-state index is 11.5. The zero-order valence-corrected chi connectivity index (χ0v) is 35.4. The second-order valence-electron chi connectivity index (χ2n) is 16.2. The van der Waals surface area contributed by atoms with Gasteiger partial charge in [-0.05, 0) is 107 Å². The summed E-state index contributed by atoms with van der Waals surface area (Å²) in [4.78, 5) is 2.55. The van der Waals surface area contributed by atoms with E-state index in [-0.39, 0.29) is 10.8 Å². The number of piperidine rings is 2. The van der Waals surface area contributed by atoms with Crippen molar-refractivity contribution in [2.45, 2.75) is 63.8 Å². The summed E-state index contributed by atoms with van der Waals surface area (Å²) in [6.07, 6.45) is 4.55. The molecule has 296 valence electrons. The van der Waals surface area contributed by atoms with Gasteiger partial charge in [0.25, 0.3) is 0 Å². The van der Waals surface area contributed by atoms with Gasteiger partial charge in [0.15, 0.2) is 0 Å². The minimum Gasteiger partial charge on any atom is -0.316 e. The maximum absolute atomic E-state index is 11.5. The Kier molecular flexibility index (Phi) is 12.4. The lowest BCUT2D eigenvalue weighted by Gasteiger charge is -2.25. The molecule has 2 heterocycles. The van der Waals surface area contributed by atoms with Gasteiger partial charge >= 0.3 is 0 Å². The SMILES string of the molecule is CC1(c2cccc(NS(C)(=O)=O)c2)C2CNCC21.CCc1ccc(CCl)cc1.CCc1ccc(CN2CC3C(C2)C3(C)c2cccc(NS(C)(=O)=O)c2)cc1. The lowest BCUT2D eigenvalue weighted by Crippen LogP contribution is -2.28. The molecule has 11 heteroatoms. The van der Waals surface area contributed by atoms with Gasteiger partial charge in [0.1, 0.15) is 0 Å². The second-order valence-corrected chi connectivity index (χ2v) is 20.0. The highest BCUT2D eigenvalue weighted by Crippen LogP contribution is 2.64. The van der Waals surface area contributed by atoms with Crippen LogP contribution in [-0.2, 0) is 56.1 Å². The number of fused-ring (bicyclic) bond motifs is 2. The first kappa shape index (κ1) is 41.2. The van der Waals surface area contributed by atoms with Crippen molar-refractivity contribution in [3.63, 3.8) is 0 Å². The lowest BCUT2D eigenvalue weighted by atomic mass is 9.92. The van der Waals surface area contributed by atoms with Crippen LogP contribution in [0.2, 0.25) is 0 Å². The van der Waals surface area contributed by atoms with Crippen LogP contribution >= 0.6 is 11.6 Å². The Labute approximate surface area is 334 Å². The van der Waals surface area contributed by atoms with Crippen LogP contribution in [0.4, 0.5) is 11.4 Å². The number of aryl methyl sites for hydroxylation is 2. The first-order valence-electron chi connectivity index (χ1n) is 19.4. The summed E-state index contributed by atoms with van der Waals surface area (Å²) in [5.41, 5.74) is 9.53. The third-order valence-corrected chi connectivity index (χ3v) is 14.0. The van der Waals surface area contributed by atoms with Gasteiger partial charge in [-0.3, -0.25) is 14.3 Å². The van der Waals surface area contributed by atoms with E-state index < -0.39 is 20.0 Å². The largest absolute Gasteiger partial charge is 0.316 e. The third-order valence-electron chi connectivity index (χ3n) is 12.5. The van der Waals surface area contributed by atoms with Crippen molar-refractivity contribution in [3.8, 4) is 0 Å². The molecule has 0 radical (unpaired) electrons. The molecule has 4 aromatic carbocycles. The Hall–Kier alpha value is -3.41. The molecule has 0 spiro atoms. The highest BCUT2D eigenvalue weighted by molar-refractivity contribution is 7.92. The van der Waals surface area contributed by atoms with Crippen molar-refractivity contribution in [1.82, 2.24) is 10.2 Å². The van der Waals surface area contributed by atoms with Gasteiger partial charge in [-0.2, -0.15) is 0 Å². The number of sulfonamides is 2. The number of likely N-dealkylation sites (tertiary alicyclic amines) is 1. The fraction of sp³-hybridized carbons (Fsp3) is 0.455. The summed E-state index contributed by atoms with van der Waals surface area (Å²) < 4.78 is 50.7. The van der Waals surface area contributed by atoms with E-state index in [4.69, 9.17) is 11.6 Å². The number of nitrogens with one attached hydrogen (secondary N) is 3. The lowest BCUT2D eigenvalue weighted by molar-refractivity contribution is 0.270. The molecular weight excluding hydrogens is 748 g/mol. The molecule has 4 unspecified atom stereocenters. The summed E-state index contributed by atoms with van der Waals surface area (Å²) in [5, 5.41) is 3.39. The number of nitrogens with zero attached hydrogens (tertiary/aromatic N) is 1. The van der Waals surface area contributed by atoms with E-state index >= 15 is 0 Å². The van der Waals surface area contributed by atoms with Gasteiger partial charge < -0.3 is 5.32 Å². The Bertz CT molecular complexity index is 2120. The summed E-state index contributed by atoms with van der Waals surface area (Å²) in [7, 11) is -6.44. The van der Waals surface area contributed by atoms with Crippen molar-refractivity contribution < 1.29 is 16.8 Å². The van der Waals surface area contributed by atoms with E-state index in [2.05, 4.69) is 108 Å². The van der Waals surface area contributed by atoms with Crippen LogP contribution in [0.3, 0.4) is 0 Å². The van der Waals surface area contributed by atoms with Crippen molar-refractivity contribution in [3.05, 3.63) is 130 Å². The summed E-state index contributed by atoms with van der Waals surface area (Å²) in [6, 6.07) is 33.1. The Balaban J connectivity index is 0.000000157. The maximum Gasteiger partial charge on any atom is 0.229 e. The van der Waals surface area contributed by atoms with Gasteiger partial charge in [-0.25, -0.2) is 16.8 Å². The van der Waals surface area contributed by atoms with Gasteiger partial charge in [-0.15, -0.1) is 11.6 Å². The molecule has 8 nitrogen and oxygen atoms in total. The average Bonchev–Trinajstić information content (AvgIpc) is 3.61. The van der Waals surface area contributed by atoms with Crippen LogP contribution in [0, 0.1) is 23.7 Å². The molecular formula is C44H57ClN4O4S2. The van der Waals surface area contributed by atoms with Crippen LogP contribution in [0.25, 0.3) is 0 Å². The number of hydrogen-bond acceptors (Lipinski definition) is 6. The smallest absolute Gasteiger partial charge is 0.229 e. The fourth-order valence-electron chi connectivity index (χ4n) is 9.02. The fourth-order valence-corrected chi connectivity index (χ4v) is 10.3. The monoisotopic (exact) mass is 804 g/mol. The molecule has 55 heavy (non-hydrogen) atoms. The van der Waals surface area contributed by atoms with Gasteiger partial charge in [0.2, 0.25) is 20.0 Å². The van der Waals surface area contributed by atoms with E-state index in [1.165, 1.54) is 45.9 Å². The normalized spacial score (nSPS) is 26.4. The molecule has 0 amide bonds. The van der Waals surface area contributed by atoms with Crippen LogP contribution in [0.15, 0.2) is 97.1 Å². The predicted octanol–water partition coefficient (Wildman–Crippen LogP) is 7.79. The number of halogens is 1. The Morgan fingerprint density at radius 2 is 1.04 bits per heavy atom. The molecule has 2 saturated carbocycles. The van der Waals surface area contributed by atoms with Gasteiger partial charge in [0.05, 0.1) is 12.5 Å². The Morgan fingerprint density at radius 3 is 1.44 bits per heavy atom. The van der Waals surface area contributed by atoms with Crippen molar-refractivity contribution in [2.75, 3.05) is 48.1 Å². The van der Waals surface area contributed by atoms with Crippen LogP contribution in [0.5, 0.6) is 0 Å². The summed E-state index contributed by atoms with van der Waals surface area (Å²) in [6.45, 7) is 14.3.